The second-order valence-corrected chi connectivity index (χ2v) is 8.51. The summed E-state index contributed by atoms with van der Waals surface area (Å²) in [5, 5.41) is 19.4. The van der Waals surface area contributed by atoms with Crippen molar-refractivity contribution in [3.8, 4) is 16.9 Å². The Labute approximate surface area is 198 Å². The highest BCUT2D eigenvalue weighted by atomic mass is 16.5. The van der Waals surface area contributed by atoms with Crippen molar-refractivity contribution >= 4 is 11.8 Å². The highest BCUT2D eigenvalue weighted by molar-refractivity contribution is 5.98. The standard InChI is InChI=1S/C26H30N4O4/c1-34-24-14-19(21-15-27-28-16-21)9-10-23(24)26(33)30(11-12-31)17-18-5-4-6-20(13-18)25(32)29-22-7-2-3-8-22/h4-6,9-10,13-16,22,31H,2-3,7-8,11-12,17H2,1H3,(H,27,28)(H,29,32). The number of benzene rings is 2. The normalized spacial score (nSPS) is 13.6. The van der Waals surface area contributed by atoms with Crippen molar-refractivity contribution in [3.05, 3.63) is 71.5 Å². The van der Waals surface area contributed by atoms with E-state index in [1.165, 1.54) is 7.11 Å². The zero-order chi connectivity index (χ0) is 23.9. The van der Waals surface area contributed by atoms with E-state index >= 15 is 0 Å². The lowest BCUT2D eigenvalue weighted by Gasteiger charge is -2.23. The van der Waals surface area contributed by atoms with Crippen molar-refractivity contribution < 1.29 is 19.4 Å². The lowest BCUT2D eigenvalue weighted by Crippen LogP contribution is -2.34. The summed E-state index contributed by atoms with van der Waals surface area (Å²) < 4.78 is 5.50. The van der Waals surface area contributed by atoms with Crippen molar-refractivity contribution in [1.29, 1.82) is 0 Å². The molecule has 178 valence electrons. The van der Waals surface area contributed by atoms with Crippen molar-refractivity contribution in [2.45, 2.75) is 38.3 Å². The Bertz CT molecular complexity index is 1120. The zero-order valence-corrected chi connectivity index (χ0v) is 19.3. The van der Waals surface area contributed by atoms with Gasteiger partial charge < -0.3 is 20.1 Å². The molecule has 0 aliphatic heterocycles. The number of H-pyrrole nitrogens is 1. The molecule has 0 atom stereocenters. The SMILES string of the molecule is COc1cc(-c2cn[nH]c2)ccc1C(=O)N(CCO)Cc1cccc(C(=O)NC2CCCC2)c1. The summed E-state index contributed by atoms with van der Waals surface area (Å²) >= 11 is 0. The minimum Gasteiger partial charge on any atom is -0.496 e. The lowest BCUT2D eigenvalue weighted by atomic mass is 10.0. The molecule has 1 aliphatic rings. The highest BCUT2D eigenvalue weighted by Gasteiger charge is 2.22. The molecule has 1 aromatic heterocycles. The lowest BCUT2D eigenvalue weighted by molar-refractivity contribution is 0.0704. The van der Waals surface area contributed by atoms with Gasteiger partial charge in [-0.1, -0.05) is 31.0 Å². The third kappa shape index (κ3) is 5.46. The third-order valence-electron chi connectivity index (χ3n) is 6.17. The predicted molar refractivity (Wildman–Crippen MR) is 129 cm³/mol. The quantitative estimate of drug-likeness (QED) is 0.452. The number of rotatable bonds is 9. The van der Waals surface area contributed by atoms with E-state index in [0.717, 1.165) is 42.4 Å². The van der Waals surface area contributed by atoms with Crippen LogP contribution in [-0.4, -0.2) is 58.3 Å². The summed E-state index contributed by atoms with van der Waals surface area (Å²) in [5.41, 5.74) is 3.55. The van der Waals surface area contributed by atoms with Gasteiger partial charge in [-0.2, -0.15) is 5.10 Å². The topological polar surface area (TPSA) is 108 Å². The fourth-order valence-corrected chi connectivity index (χ4v) is 4.37. The van der Waals surface area contributed by atoms with Gasteiger partial charge in [0.1, 0.15) is 5.75 Å². The number of methoxy groups -OCH3 is 1. The van der Waals surface area contributed by atoms with E-state index in [4.69, 9.17) is 4.74 Å². The maximum Gasteiger partial charge on any atom is 0.257 e. The van der Waals surface area contributed by atoms with Gasteiger partial charge in [-0.3, -0.25) is 14.7 Å². The first-order chi connectivity index (χ1) is 16.6. The molecule has 4 rings (SSSR count). The molecule has 0 radical (unpaired) electrons. The maximum atomic E-state index is 13.4. The van der Waals surface area contributed by atoms with Crippen LogP contribution in [0.3, 0.4) is 0 Å². The summed E-state index contributed by atoms with van der Waals surface area (Å²) in [6.07, 6.45) is 7.80. The van der Waals surface area contributed by atoms with Crippen LogP contribution in [0.4, 0.5) is 0 Å². The fourth-order valence-electron chi connectivity index (χ4n) is 4.37. The Hall–Kier alpha value is -3.65. The van der Waals surface area contributed by atoms with Crippen LogP contribution in [0.1, 0.15) is 52.0 Å². The smallest absolute Gasteiger partial charge is 0.257 e. The molecule has 1 fully saturated rings. The van der Waals surface area contributed by atoms with Gasteiger partial charge in [0.2, 0.25) is 0 Å². The van der Waals surface area contributed by atoms with Crippen LogP contribution in [0.15, 0.2) is 54.9 Å². The number of hydrogen-bond acceptors (Lipinski definition) is 5. The molecular weight excluding hydrogens is 432 g/mol. The Morgan fingerprint density at radius 3 is 2.71 bits per heavy atom. The van der Waals surface area contributed by atoms with E-state index in [1.807, 2.05) is 18.2 Å². The second kappa shape index (κ2) is 11.0. The van der Waals surface area contributed by atoms with Gasteiger partial charge >= 0.3 is 0 Å². The number of nitrogens with one attached hydrogen (secondary N) is 2. The molecule has 3 aromatic rings. The number of aliphatic hydroxyl groups is 1. The van der Waals surface area contributed by atoms with Crippen molar-refractivity contribution in [2.75, 3.05) is 20.3 Å². The molecule has 34 heavy (non-hydrogen) atoms. The molecule has 0 spiro atoms. The Kier molecular flexibility index (Phi) is 7.59. The van der Waals surface area contributed by atoms with Gasteiger partial charge in [-0.05, 0) is 48.2 Å². The molecule has 1 heterocycles. The summed E-state index contributed by atoms with van der Waals surface area (Å²) in [5.74, 6) is 0.0899. The van der Waals surface area contributed by atoms with Gasteiger partial charge in [-0.15, -0.1) is 0 Å². The van der Waals surface area contributed by atoms with Crippen molar-refractivity contribution in [3.63, 3.8) is 0 Å². The second-order valence-electron chi connectivity index (χ2n) is 8.51. The summed E-state index contributed by atoms with van der Waals surface area (Å²) in [4.78, 5) is 27.6. The van der Waals surface area contributed by atoms with Crippen molar-refractivity contribution in [2.24, 2.45) is 0 Å². The largest absolute Gasteiger partial charge is 0.496 e. The summed E-state index contributed by atoms with van der Waals surface area (Å²) in [6, 6.07) is 12.9. The van der Waals surface area contributed by atoms with Gasteiger partial charge in [0, 0.05) is 36.5 Å². The molecule has 0 bridgehead atoms. The van der Waals surface area contributed by atoms with E-state index in [-0.39, 0.29) is 37.6 Å². The fraction of sp³-hybridized carbons (Fsp3) is 0.346. The number of nitrogens with zero attached hydrogens (tertiary/aromatic N) is 2. The third-order valence-corrected chi connectivity index (χ3v) is 6.17. The minimum absolute atomic E-state index is 0.0923. The molecule has 8 heteroatoms. The molecule has 3 N–H and O–H groups in total. The first-order valence-corrected chi connectivity index (χ1v) is 11.6. The van der Waals surface area contributed by atoms with E-state index in [0.29, 0.717) is 16.9 Å². The van der Waals surface area contributed by atoms with Gasteiger partial charge in [-0.25, -0.2) is 0 Å². The number of ether oxygens (including phenoxy) is 1. The molecule has 0 saturated heterocycles. The molecule has 2 amide bonds. The predicted octanol–water partition coefficient (Wildman–Crippen LogP) is 3.39. The minimum atomic E-state index is -0.259. The number of aromatic nitrogens is 2. The maximum absolute atomic E-state index is 13.4. The number of amides is 2. The Morgan fingerprint density at radius 2 is 2.00 bits per heavy atom. The van der Waals surface area contributed by atoms with Crippen LogP contribution in [0, 0.1) is 0 Å². The number of aromatic amines is 1. The van der Waals surface area contributed by atoms with Crippen LogP contribution in [0.2, 0.25) is 0 Å². The average Bonchev–Trinajstić information content (AvgIpc) is 3.58. The Morgan fingerprint density at radius 1 is 1.18 bits per heavy atom. The average molecular weight is 463 g/mol. The zero-order valence-electron chi connectivity index (χ0n) is 19.3. The number of hydrogen-bond donors (Lipinski definition) is 3. The monoisotopic (exact) mass is 462 g/mol. The van der Waals surface area contributed by atoms with E-state index in [2.05, 4.69) is 15.5 Å². The molecule has 8 nitrogen and oxygen atoms in total. The molecule has 1 aliphatic carbocycles. The van der Waals surface area contributed by atoms with Crippen LogP contribution in [-0.2, 0) is 6.54 Å². The van der Waals surface area contributed by atoms with E-state index < -0.39 is 0 Å². The van der Waals surface area contributed by atoms with Gasteiger partial charge in [0.15, 0.2) is 0 Å². The number of carbonyl (C=O) groups excluding carboxylic acids is 2. The van der Waals surface area contributed by atoms with Crippen LogP contribution >= 0.6 is 0 Å². The van der Waals surface area contributed by atoms with Gasteiger partial charge in [0.25, 0.3) is 11.8 Å². The number of carbonyl (C=O) groups is 2. The molecule has 0 unspecified atom stereocenters. The number of aliphatic hydroxyl groups excluding tert-OH is 1. The highest BCUT2D eigenvalue weighted by Crippen LogP contribution is 2.28. The van der Waals surface area contributed by atoms with Gasteiger partial charge in [0.05, 0.1) is 25.5 Å². The molecular formula is C26H30N4O4. The summed E-state index contributed by atoms with van der Waals surface area (Å²) in [7, 11) is 1.52. The Balaban J connectivity index is 1.52. The van der Waals surface area contributed by atoms with E-state index in [9.17, 15) is 14.7 Å². The molecule has 2 aromatic carbocycles. The van der Waals surface area contributed by atoms with Crippen LogP contribution in [0.25, 0.3) is 11.1 Å². The summed E-state index contributed by atoms with van der Waals surface area (Å²) in [6.45, 7) is 0.240. The first kappa shape index (κ1) is 23.5. The van der Waals surface area contributed by atoms with Crippen LogP contribution < -0.4 is 10.1 Å². The first-order valence-electron chi connectivity index (χ1n) is 11.6. The van der Waals surface area contributed by atoms with E-state index in [1.54, 1.807) is 41.6 Å². The van der Waals surface area contributed by atoms with Crippen LogP contribution in [0.5, 0.6) is 5.75 Å². The molecule has 1 saturated carbocycles. The van der Waals surface area contributed by atoms with Crippen molar-refractivity contribution in [1.82, 2.24) is 20.4 Å².